The maximum atomic E-state index is 4.32. The molecule has 74 valence electrons. The first-order chi connectivity index (χ1) is 7.36. The van der Waals surface area contributed by atoms with E-state index in [4.69, 9.17) is 0 Å². The van der Waals surface area contributed by atoms with Gasteiger partial charge >= 0.3 is 0 Å². The number of nitrogens with one attached hydrogen (secondary N) is 1. The molecule has 2 aromatic heterocycles. The Labute approximate surface area is 88.7 Å². The highest BCUT2D eigenvalue weighted by molar-refractivity contribution is 5.89. The number of nitrogens with zero attached hydrogens (tertiary/aromatic N) is 1. The third-order valence-corrected chi connectivity index (χ3v) is 2.23. The first-order valence-corrected chi connectivity index (χ1v) is 4.75. The lowest BCUT2D eigenvalue weighted by molar-refractivity contribution is 1.40. The van der Waals surface area contributed by atoms with Gasteiger partial charge in [-0.3, -0.25) is 4.98 Å². The predicted molar refractivity (Wildman–Crippen MR) is 65.4 cm³/mol. The number of hydrogen-bond acceptors (Lipinski definition) is 1. The van der Waals surface area contributed by atoms with Crippen molar-refractivity contribution in [2.75, 3.05) is 0 Å². The molecule has 0 fully saturated rings. The van der Waals surface area contributed by atoms with Crippen LogP contribution >= 0.6 is 0 Å². The lowest BCUT2D eigenvalue weighted by atomic mass is 10.2. The zero-order valence-corrected chi connectivity index (χ0v) is 8.40. The zero-order chi connectivity index (χ0) is 10.7. The van der Waals surface area contributed by atoms with E-state index in [9.17, 15) is 0 Å². The molecular weight excluding hydrogens is 184 g/mol. The van der Waals surface area contributed by atoms with Crippen LogP contribution in [0.4, 0.5) is 0 Å². The standard InChI is InChI=1S/C13H12N2/c1-3-5-7-11-10(4-2)13-12(15-11)8-6-9-14-13/h3-9,15H,1-2H2/b7-5-. The molecule has 0 radical (unpaired) electrons. The predicted octanol–water partition coefficient (Wildman–Crippen LogP) is 3.41. The molecule has 2 rings (SSSR count). The van der Waals surface area contributed by atoms with Crippen molar-refractivity contribution in [3.05, 3.63) is 54.9 Å². The second kappa shape index (κ2) is 3.96. The highest BCUT2D eigenvalue weighted by atomic mass is 14.8. The summed E-state index contributed by atoms with van der Waals surface area (Å²) < 4.78 is 0. The molecule has 2 heteroatoms. The van der Waals surface area contributed by atoms with Crippen LogP contribution in [0.2, 0.25) is 0 Å². The zero-order valence-electron chi connectivity index (χ0n) is 8.40. The molecule has 15 heavy (non-hydrogen) atoms. The van der Waals surface area contributed by atoms with Crippen molar-refractivity contribution in [1.82, 2.24) is 9.97 Å². The van der Waals surface area contributed by atoms with Gasteiger partial charge in [0, 0.05) is 17.5 Å². The second-order valence-corrected chi connectivity index (χ2v) is 3.15. The number of hydrogen-bond donors (Lipinski definition) is 1. The summed E-state index contributed by atoms with van der Waals surface area (Å²) in [5, 5.41) is 0. The number of pyridine rings is 1. The summed E-state index contributed by atoms with van der Waals surface area (Å²) in [7, 11) is 0. The van der Waals surface area contributed by atoms with Crippen LogP contribution in [0, 0.1) is 0 Å². The van der Waals surface area contributed by atoms with Gasteiger partial charge in [-0.05, 0) is 18.2 Å². The summed E-state index contributed by atoms with van der Waals surface area (Å²) in [5.74, 6) is 0. The maximum absolute atomic E-state index is 4.32. The van der Waals surface area contributed by atoms with Crippen LogP contribution < -0.4 is 0 Å². The summed E-state index contributed by atoms with van der Waals surface area (Å²) >= 11 is 0. The highest BCUT2D eigenvalue weighted by Crippen LogP contribution is 2.22. The minimum Gasteiger partial charge on any atom is -0.353 e. The molecular formula is C13H12N2. The number of fused-ring (bicyclic) bond motifs is 1. The van der Waals surface area contributed by atoms with Crippen molar-refractivity contribution in [2.45, 2.75) is 0 Å². The van der Waals surface area contributed by atoms with E-state index < -0.39 is 0 Å². The molecule has 1 N–H and O–H groups in total. The van der Waals surface area contributed by atoms with Gasteiger partial charge in [-0.2, -0.15) is 0 Å². The van der Waals surface area contributed by atoms with Crippen LogP contribution in [0.5, 0.6) is 0 Å². The third-order valence-electron chi connectivity index (χ3n) is 2.23. The maximum Gasteiger partial charge on any atom is 0.0957 e. The van der Waals surface area contributed by atoms with Gasteiger partial charge in [0.15, 0.2) is 0 Å². The van der Waals surface area contributed by atoms with E-state index in [0.717, 1.165) is 22.3 Å². The van der Waals surface area contributed by atoms with Gasteiger partial charge in [-0.25, -0.2) is 0 Å². The van der Waals surface area contributed by atoms with Crippen LogP contribution in [0.3, 0.4) is 0 Å². The average Bonchev–Trinajstić information content (AvgIpc) is 2.63. The number of H-pyrrole nitrogens is 1. The van der Waals surface area contributed by atoms with E-state index in [1.54, 1.807) is 12.3 Å². The molecule has 0 aliphatic heterocycles. The van der Waals surface area contributed by atoms with Crippen LogP contribution in [0.15, 0.2) is 43.6 Å². The summed E-state index contributed by atoms with van der Waals surface area (Å²) in [6.07, 6.45) is 9.19. The Morgan fingerprint density at radius 2 is 2.20 bits per heavy atom. The van der Waals surface area contributed by atoms with Crippen molar-refractivity contribution >= 4 is 23.2 Å². The Morgan fingerprint density at radius 1 is 1.33 bits per heavy atom. The molecule has 2 nitrogen and oxygen atoms in total. The Morgan fingerprint density at radius 3 is 2.93 bits per heavy atom. The summed E-state index contributed by atoms with van der Waals surface area (Å²) in [6, 6.07) is 3.91. The first kappa shape index (κ1) is 9.46. The first-order valence-electron chi connectivity index (χ1n) is 4.75. The fourth-order valence-electron chi connectivity index (χ4n) is 1.56. The van der Waals surface area contributed by atoms with Crippen LogP contribution in [0.1, 0.15) is 11.3 Å². The molecule has 0 amide bonds. The van der Waals surface area contributed by atoms with Crippen molar-refractivity contribution in [1.29, 1.82) is 0 Å². The molecule has 0 unspecified atom stereocenters. The minimum atomic E-state index is 0.955. The quantitative estimate of drug-likeness (QED) is 0.749. The topological polar surface area (TPSA) is 28.7 Å². The molecule has 0 saturated heterocycles. The molecule has 0 aromatic carbocycles. The Kier molecular flexibility index (Phi) is 2.50. The van der Waals surface area contributed by atoms with Gasteiger partial charge in [0.25, 0.3) is 0 Å². The van der Waals surface area contributed by atoms with Crippen molar-refractivity contribution in [2.24, 2.45) is 0 Å². The van der Waals surface area contributed by atoms with E-state index in [0.29, 0.717) is 0 Å². The number of allylic oxidation sites excluding steroid dienone is 2. The molecule has 0 aliphatic rings. The summed E-state index contributed by atoms with van der Waals surface area (Å²) in [4.78, 5) is 7.60. The average molecular weight is 196 g/mol. The van der Waals surface area contributed by atoms with Crippen LogP contribution in [-0.2, 0) is 0 Å². The van der Waals surface area contributed by atoms with E-state index in [1.165, 1.54) is 0 Å². The second-order valence-electron chi connectivity index (χ2n) is 3.15. The van der Waals surface area contributed by atoms with Crippen LogP contribution in [0.25, 0.3) is 23.2 Å². The van der Waals surface area contributed by atoms with E-state index in [2.05, 4.69) is 23.1 Å². The van der Waals surface area contributed by atoms with Crippen LogP contribution in [-0.4, -0.2) is 9.97 Å². The molecule has 0 saturated carbocycles. The largest absolute Gasteiger partial charge is 0.353 e. The van der Waals surface area contributed by atoms with E-state index >= 15 is 0 Å². The van der Waals surface area contributed by atoms with Gasteiger partial charge in [0.05, 0.1) is 11.0 Å². The van der Waals surface area contributed by atoms with Gasteiger partial charge in [0.1, 0.15) is 0 Å². The number of aromatic amines is 1. The smallest absolute Gasteiger partial charge is 0.0957 e. The molecule has 2 heterocycles. The fraction of sp³-hybridized carbons (Fsp3) is 0. The van der Waals surface area contributed by atoms with Gasteiger partial charge in [0.2, 0.25) is 0 Å². The summed E-state index contributed by atoms with van der Waals surface area (Å²) in [6.45, 7) is 7.45. The normalized spacial score (nSPS) is 10.9. The Balaban J connectivity index is 2.68. The molecule has 0 atom stereocenters. The van der Waals surface area contributed by atoms with Crippen molar-refractivity contribution in [3.8, 4) is 0 Å². The fourth-order valence-corrected chi connectivity index (χ4v) is 1.56. The van der Waals surface area contributed by atoms with Crippen molar-refractivity contribution < 1.29 is 0 Å². The Hall–Kier alpha value is -2.09. The Bertz CT molecular complexity index is 532. The van der Waals surface area contributed by atoms with Crippen molar-refractivity contribution in [3.63, 3.8) is 0 Å². The van der Waals surface area contributed by atoms with Gasteiger partial charge < -0.3 is 4.98 Å². The lowest BCUT2D eigenvalue weighted by Gasteiger charge is -1.90. The van der Waals surface area contributed by atoms with Gasteiger partial charge in [-0.15, -0.1) is 0 Å². The van der Waals surface area contributed by atoms with E-state index in [-0.39, 0.29) is 0 Å². The molecule has 2 aromatic rings. The summed E-state index contributed by atoms with van der Waals surface area (Å²) in [5.41, 5.74) is 4.02. The lowest BCUT2D eigenvalue weighted by Crippen LogP contribution is -1.75. The molecule has 0 spiro atoms. The third kappa shape index (κ3) is 1.62. The van der Waals surface area contributed by atoms with E-state index in [1.807, 2.05) is 30.4 Å². The minimum absolute atomic E-state index is 0.955. The van der Waals surface area contributed by atoms with Gasteiger partial charge in [-0.1, -0.05) is 31.4 Å². The molecule has 0 aliphatic carbocycles. The highest BCUT2D eigenvalue weighted by Gasteiger charge is 2.06. The molecule has 0 bridgehead atoms. The number of aromatic nitrogens is 2. The SMILES string of the molecule is C=C/C=C\c1[nH]c2cccnc2c1C=C. The monoisotopic (exact) mass is 196 g/mol. The number of rotatable bonds is 3.